The SMILES string of the molecule is NNc1cc(C(F)(F)F)c(Br)nn1. The van der Waals surface area contributed by atoms with Crippen LogP contribution >= 0.6 is 15.9 Å². The molecule has 0 radical (unpaired) electrons. The quantitative estimate of drug-likeness (QED) is 0.591. The summed E-state index contributed by atoms with van der Waals surface area (Å²) in [5.41, 5.74) is 1.05. The van der Waals surface area contributed by atoms with Crippen LogP contribution in [0.1, 0.15) is 5.56 Å². The first-order valence-electron chi connectivity index (χ1n) is 3.02. The minimum atomic E-state index is -4.47. The number of rotatable bonds is 1. The first-order valence-corrected chi connectivity index (χ1v) is 3.81. The number of nitrogens with two attached hydrogens (primary N) is 1. The standard InChI is InChI=1S/C5H4BrF3N4/c6-4-2(5(7,8)9)1-3(11-10)12-13-4/h1H,10H2,(H,11,12). The lowest BCUT2D eigenvalue weighted by Crippen LogP contribution is -2.13. The van der Waals surface area contributed by atoms with Gasteiger partial charge in [0.1, 0.15) is 4.60 Å². The van der Waals surface area contributed by atoms with Crippen LogP contribution in [0.4, 0.5) is 19.0 Å². The number of aromatic nitrogens is 2. The number of hydrogen-bond acceptors (Lipinski definition) is 4. The number of hydrogen-bond donors (Lipinski definition) is 2. The number of nitrogen functional groups attached to an aromatic ring is 1. The first-order chi connectivity index (χ1) is 5.95. The molecule has 0 aliphatic rings. The summed E-state index contributed by atoms with van der Waals surface area (Å²) in [7, 11) is 0. The molecule has 13 heavy (non-hydrogen) atoms. The summed E-state index contributed by atoms with van der Waals surface area (Å²) in [5, 5.41) is 6.56. The van der Waals surface area contributed by atoms with Gasteiger partial charge in [0, 0.05) is 0 Å². The molecule has 0 fully saturated rings. The maximum absolute atomic E-state index is 12.2. The second-order valence-electron chi connectivity index (χ2n) is 2.08. The van der Waals surface area contributed by atoms with Gasteiger partial charge in [0.25, 0.3) is 0 Å². The summed E-state index contributed by atoms with van der Waals surface area (Å²) in [4.78, 5) is 0. The van der Waals surface area contributed by atoms with Crippen molar-refractivity contribution in [1.82, 2.24) is 10.2 Å². The average molecular weight is 257 g/mol. The van der Waals surface area contributed by atoms with Crippen molar-refractivity contribution >= 4 is 21.7 Å². The number of anilines is 1. The fourth-order valence-electron chi connectivity index (χ4n) is 0.646. The molecule has 3 N–H and O–H groups in total. The highest BCUT2D eigenvalue weighted by Crippen LogP contribution is 2.34. The smallest absolute Gasteiger partial charge is 0.307 e. The highest BCUT2D eigenvalue weighted by molar-refractivity contribution is 9.10. The van der Waals surface area contributed by atoms with Crippen LogP contribution in [0, 0.1) is 0 Å². The Morgan fingerprint density at radius 1 is 1.38 bits per heavy atom. The van der Waals surface area contributed by atoms with Gasteiger partial charge >= 0.3 is 6.18 Å². The van der Waals surface area contributed by atoms with Gasteiger partial charge in [-0.1, -0.05) is 0 Å². The predicted molar refractivity (Wildman–Crippen MR) is 42.5 cm³/mol. The van der Waals surface area contributed by atoms with Crippen molar-refractivity contribution in [2.75, 3.05) is 5.43 Å². The van der Waals surface area contributed by atoms with Crippen molar-refractivity contribution in [1.29, 1.82) is 0 Å². The number of alkyl halides is 3. The Kier molecular flexibility index (Phi) is 2.71. The van der Waals surface area contributed by atoms with Gasteiger partial charge < -0.3 is 5.43 Å². The van der Waals surface area contributed by atoms with Crippen LogP contribution in [-0.4, -0.2) is 10.2 Å². The molecule has 0 amide bonds. The van der Waals surface area contributed by atoms with Gasteiger partial charge in [-0.15, -0.1) is 10.2 Å². The van der Waals surface area contributed by atoms with Crippen LogP contribution in [0.15, 0.2) is 10.7 Å². The molecule has 1 rings (SSSR count). The summed E-state index contributed by atoms with van der Waals surface area (Å²) in [6.07, 6.45) is -4.47. The van der Waals surface area contributed by atoms with Crippen LogP contribution in [-0.2, 0) is 6.18 Å². The molecule has 0 bridgehead atoms. The molecule has 0 aliphatic heterocycles. The summed E-state index contributed by atoms with van der Waals surface area (Å²) in [5.74, 6) is 4.73. The zero-order valence-electron chi connectivity index (χ0n) is 6.06. The Hall–Kier alpha value is -0.890. The molecule has 1 heterocycles. The van der Waals surface area contributed by atoms with Gasteiger partial charge in [-0.3, -0.25) is 0 Å². The Balaban J connectivity index is 3.19. The molecule has 0 aromatic carbocycles. The third kappa shape index (κ3) is 2.28. The summed E-state index contributed by atoms with van der Waals surface area (Å²) in [6, 6.07) is 0.761. The zero-order valence-corrected chi connectivity index (χ0v) is 7.65. The van der Waals surface area contributed by atoms with E-state index in [1.165, 1.54) is 0 Å². The minimum Gasteiger partial charge on any atom is -0.307 e. The lowest BCUT2D eigenvalue weighted by Gasteiger charge is -2.08. The maximum atomic E-state index is 12.2. The predicted octanol–water partition coefficient (Wildman–Crippen LogP) is 1.54. The van der Waals surface area contributed by atoms with E-state index in [2.05, 4.69) is 26.1 Å². The molecule has 72 valence electrons. The fraction of sp³-hybridized carbons (Fsp3) is 0.200. The third-order valence-corrected chi connectivity index (χ3v) is 1.79. The molecule has 4 nitrogen and oxygen atoms in total. The van der Waals surface area contributed by atoms with Gasteiger partial charge in [-0.25, -0.2) is 5.84 Å². The normalized spacial score (nSPS) is 11.5. The second kappa shape index (κ2) is 3.46. The molecule has 0 atom stereocenters. The highest BCUT2D eigenvalue weighted by atomic mass is 79.9. The van der Waals surface area contributed by atoms with Gasteiger partial charge in [-0.05, 0) is 22.0 Å². The largest absolute Gasteiger partial charge is 0.419 e. The van der Waals surface area contributed by atoms with Crippen molar-refractivity contribution in [3.8, 4) is 0 Å². The zero-order chi connectivity index (χ0) is 10.1. The summed E-state index contributed by atoms with van der Waals surface area (Å²) >= 11 is 2.63. The Morgan fingerprint density at radius 3 is 2.46 bits per heavy atom. The maximum Gasteiger partial charge on any atom is 0.419 e. The van der Waals surface area contributed by atoms with Crippen LogP contribution in [0.5, 0.6) is 0 Å². The molecule has 0 unspecified atom stereocenters. The van der Waals surface area contributed by atoms with E-state index in [4.69, 9.17) is 5.84 Å². The first kappa shape index (κ1) is 10.2. The Labute approximate surface area is 79.4 Å². The third-order valence-electron chi connectivity index (χ3n) is 1.20. The molecule has 1 aromatic heterocycles. The lowest BCUT2D eigenvalue weighted by atomic mass is 10.3. The number of nitrogens with zero attached hydrogens (tertiary/aromatic N) is 2. The van der Waals surface area contributed by atoms with Crippen molar-refractivity contribution in [3.63, 3.8) is 0 Å². The number of hydrazine groups is 1. The molecule has 0 aliphatic carbocycles. The summed E-state index contributed by atoms with van der Waals surface area (Å²) in [6.45, 7) is 0. The molecule has 0 spiro atoms. The average Bonchev–Trinajstić information content (AvgIpc) is 2.03. The minimum absolute atomic E-state index is 0.143. The van der Waals surface area contributed by atoms with E-state index < -0.39 is 11.7 Å². The monoisotopic (exact) mass is 256 g/mol. The van der Waals surface area contributed by atoms with Gasteiger partial charge in [-0.2, -0.15) is 13.2 Å². The summed E-state index contributed by atoms with van der Waals surface area (Å²) < 4.78 is 36.2. The van der Waals surface area contributed by atoms with Crippen molar-refractivity contribution in [2.45, 2.75) is 6.18 Å². The molecule has 0 saturated heterocycles. The lowest BCUT2D eigenvalue weighted by molar-refractivity contribution is -0.138. The molecule has 0 saturated carbocycles. The number of nitrogens with one attached hydrogen (secondary N) is 1. The molecule has 8 heteroatoms. The van der Waals surface area contributed by atoms with Crippen LogP contribution in [0.3, 0.4) is 0 Å². The van der Waals surface area contributed by atoms with E-state index in [9.17, 15) is 13.2 Å². The van der Waals surface area contributed by atoms with Crippen molar-refractivity contribution in [3.05, 3.63) is 16.2 Å². The van der Waals surface area contributed by atoms with E-state index >= 15 is 0 Å². The fourth-order valence-corrected chi connectivity index (χ4v) is 1.06. The van der Waals surface area contributed by atoms with Crippen molar-refractivity contribution < 1.29 is 13.2 Å². The van der Waals surface area contributed by atoms with Crippen LogP contribution in [0.25, 0.3) is 0 Å². The Bertz CT molecular complexity index is 313. The highest BCUT2D eigenvalue weighted by Gasteiger charge is 2.34. The molecular weight excluding hydrogens is 253 g/mol. The van der Waals surface area contributed by atoms with Crippen LogP contribution < -0.4 is 11.3 Å². The number of halogens is 4. The topological polar surface area (TPSA) is 63.8 Å². The second-order valence-corrected chi connectivity index (χ2v) is 2.83. The van der Waals surface area contributed by atoms with E-state index in [1.807, 2.05) is 5.43 Å². The van der Waals surface area contributed by atoms with Gasteiger partial charge in [0.2, 0.25) is 0 Å². The van der Waals surface area contributed by atoms with Gasteiger partial charge in [0.15, 0.2) is 5.82 Å². The van der Waals surface area contributed by atoms with E-state index in [0.717, 1.165) is 6.07 Å². The van der Waals surface area contributed by atoms with E-state index in [1.54, 1.807) is 0 Å². The van der Waals surface area contributed by atoms with Gasteiger partial charge in [0.05, 0.1) is 5.56 Å². The van der Waals surface area contributed by atoms with E-state index in [-0.39, 0.29) is 10.4 Å². The van der Waals surface area contributed by atoms with Crippen molar-refractivity contribution in [2.24, 2.45) is 5.84 Å². The Morgan fingerprint density at radius 2 is 2.00 bits per heavy atom. The molecular formula is C5H4BrF3N4. The van der Waals surface area contributed by atoms with Crippen LogP contribution in [0.2, 0.25) is 0 Å². The molecule has 1 aromatic rings. The van der Waals surface area contributed by atoms with E-state index in [0.29, 0.717) is 0 Å².